The van der Waals surface area contributed by atoms with E-state index in [1.54, 1.807) is 56.5 Å². The predicted molar refractivity (Wildman–Crippen MR) is 323 cm³/mol. The number of anilines is 6. The molecule has 3 heterocycles. The van der Waals surface area contributed by atoms with Crippen LogP contribution in [0.2, 0.25) is 0 Å². The van der Waals surface area contributed by atoms with Crippen LogP contribution in [-0.4, -0.2) is 67.4 Å². The van der Waals surface area contributed by atoms with Crippen LogP contribution in [0.1, 0.15) is 44.5 Å². The van der Waals surface area contributed by atoms with Gasteiger partial charge in [-0.3, -0.25) is 10.8 Å². The number of nitrogens with zero attached hydrogens (tertiary/aromatic N) is 10. The number of methoxy groups -OCH3 is 1. The maximum Gasteiger partial charge on any atom is 0.360 e. The molecule has 21 nitrogen and oxygen atoms in total. The van der Waals surface area contributed by atoms with Crippen LogP contribution in [0.15, 0.2) is 204 Å². The summed E-state index contributed by atoms with van der Waals surface area (Å²) in [4.78, 5) is 95.7. The molecule has 3 saturated heterocycles. The molecular weight excluding hydrogens is 1090 g/mol. The number of aliphatic imine (C=N–C) groups is 2. The van der Waals surface area contributed by atoms with E-state index >= 15 is 0 Å². The molecule has 426 valence electrons. The second-order valence-electron chi connectivity index (χ2n) is 19.0. The molecule has 10 amide bonds. The lowest BCUT2D eigenvalue weighted by Gasteiger charge is -2.41. The summed E-state index contributed by atoms with van der Waals surface area (Å²) in [6.45, 7) is 3.49. The topological polar surface area (TPSA) is 266 Å². The zero-order chi connectivity index (χ0) is 61.3. The Hall–Kier alpha value is -12.3. The van der Waals surface area contributed by atoms with Gasteiger partial charge in [-0.2, -0.15) is 15.3 Å². The van der Waals surface area contributed by atoms with Crippen LogP contribution in [0, 0.1) is 42.3 Å². The molecular formula is C65H52N12O9. The Morgan fingerprint density at radius 3 is 1.22 bits per heavy atom. The van der Waals surface area contributed by atoms with Gasteiger partial charge in [0.05, 0.1) is 46.9 Å². The minimum absolute atomic E-state index is 0.102. The molecule has 0 saturated carbocycles. The minimum Gasteiger partial charge on any atom is -0.431 e. The molecule has 0 spiro atoms. The van der Waals surface area contributed by atoms with Crippen molar-refractivity contribution in [2.75, 3.05) is 44.1 Å². The first kappa shape index (κ1) is 59.8. The number of ether oxygens (including phenoxy) is 2. The molecule has 21 heteroatoms. The molecule has 2 N–H and O–H groups in total. The maximum absolute atomic E-state index is 13.1. The van der Waals surface area contributed by atoms with Crippen molar-refractivity contribution in [1.82, 2.24) is 5.01 Å². The summed E-state index contributed by atoms with van der Waals surface area (Å²) in [5, 5.41) is 25.7. The van der Waals surface area contributed by atoms with E-state index < -0.39 is 24.1 Å². The zero-order valence-electron chi connectivity index (χ0n) is 46.7. The number of rotatable bonds is 15. The molecule has 0 unspecified atom stereocenters. The van der Waals surface area contributed by atoms with Gasteiger partial charge in [0.25, 0.3) is 12.5 Å². The molecule has 3 aliphatic heterocycles. The van der Waals surface area contributed by atoms with Crippen LogP contribution in [0.25, 0.3) is 0 Å². The second-order valence-corrected chi connectivity index (χ2v) is 19.0. The standard InChI is InChI=1S/C43H34N6O3.C18H12N4O4.2C2H3NO/c44-40-46(37-21-13-33(14-22-37)28-31-9-5-2-6-10-31)41(50)47(40)38-23-15-34(16-24-38)29-35-17-25-39(26-18-35)48-42(51)49(43(48)52)45-36-19-11-32(12-20-36)27-30-7-3-1-4-8-30;1-11-3-5-13(7-15(11)20-10-23)21-17(24)22(18(21)25)14-6-4-12(2)16(8-14)26-9-19;1-4-2-3;1-3-2-4/h1-26,44-45H,27-29H2;3-8H,1-2H3;2*1H3. The molecule has 0 aromatic heterocycles. The van der Waals surface area contributed by atoms with E-state index in [2.05, 4.69) is 44.4 Å². The number of carbonyl (C=O) groups excluding carboxylic acids is 7. The first-order chi connectivity index (χ1) is 41.7. The van der Waals surface area contributed by atoms with E-state index in [1.807, 2.05) is 121 Å². The summed E-state index contributed by atoms with van der Waals surface area (Å²) in [7, 11) is 2.70. The molecule has 8 aromatic carbocycles. The predicted octanol–water partition coefficient (Wildman–Crippen LogP) is 13.0. The number of isocyanates is 2. The summed E-state index contributed by atoms with van der Waals surface area (Å²) < 4.78 is 8.67. The van der Waals surface area contributed by atoms with Gasteiger partial charge in [-0.05, 0) is 144 Å². The van der Waals surface area contributed by atoms with Gasteiger partial charge in [-0.25, -0.2) is 63.1 Å². The lowest BCUT2D eigenvalue weighted by Crippen LogP contribution is -2.66. The number of benzene rings is 8. The average Bonchev–Trinajstić information content (AvgIpc) is 0.859. The SMILES string of the molecule is CN=C=O.COC#N.Cc1ccc(N2C(=O)N(c3ccc(C)c(OC#N)c3)C2=O)cc1N=C=O.N=C1N(c2ccc(Cc3ccccc3)cc2)C(=O)N1c1ccc(Cc2ccc(N3C(=O)N(Nc4ccc(Cc5ccccc5)cc4)C3=O)cc2)cc1. The van der Waals surface area contributed by atoms with Gasteiger partial charge in [-0.1, -0.05) is 121 Å². The number of amides is 10. The molecule has 3 fully saturated rings. The summed E-state index contributed by atoms with van der Waals surface area (Å²) in [6.07, 6.45) is 7.96. The molecule has 0 radical (unpaired) electrons. The first-order valence-corrected chi connectivity index (χ1v) is 26.2. The van der Waals surface area contributed by atoms with Crippen molar-refractivity contribution in [2.45, 2.75) is 33.1 Å². The molecule has 11 rings (SSSR count). The Bertz CT molecular complexity index is 3960. The van der Waals surface area contributed by atoms with Crippen molar-refractivity contribution >= 4 is 88.1 Å². The highest BCUT2D eigenvalue weighted by Crippen LogP contribution is 2.36. The summed E-state index contributed by atoms with van der Waals surface area (Å²) in [5.41, 5.74) is 14.4. The Balaban J connectivity index is 0.000000235. The van der Waals surface area contributed by atoms with E-state index in [0.717, 1.165) is 54.8 Å². The quantitative estimate of drug-likeness (QED) is 0.0551. The van der Waals surface area contributed by atoms with E-state index in [4.69, 9.17) is 25.5 Å². The minimum atomic E-state index is -0.563. The van der Waals surface area contributed by atoms with Gasteiger partial charge >= 0.3 is 30.2 Å². The van der Waals surface area contributed by atoms with Crippen molar-refractivity contribution in [3.05, 3.63) is 239 Å². The largest absolute Gasteiger partial charge is 0.431 e. The third-order valence-electron chi connectivity index (χ3n) is 13.4. The number of aryl methyl sites for hydroxylation is 2. The number of nitrogens with one attached hydrogen (secondary N) is 2. The van der Waals surface area contributed by atoms with Crippen LogP contribution < -0.4 is 34.7 Å². The zero-order valence-corrected chi connectivity index (χ0v) is 46.7. The number of guanidine groups is 1. The van der Waals surface area contributed by atoms with Crippen LogP contribution in [0.5, 0.6) is 5.75 Å². The van der Waals surface area contributed by atoms with Crippen molar-refractivity contribution in [3.8, 4) is 18.3 Å². The first-order valence-electron chi connectivity index (χ1n) is 26.2. The Morgan fingerprint density at radius 1 is 0.465 bits per heavy atom. The fourth-order valence-electron chi connectivity index (χ4n) is 9.01. The van der Waals surface area contributed by atoms with Gasteiger partial charge in [0.2, 0.25) is 18.1 Å². The molecule has 0 atom stereocenters. The second kappa shape index (κ2) is 27.9. The summed E-state index contributed by atoms with van der Waals surface area (Å²) in [5.74, 6) is 0.367. The molecule has 86 heavy (non-hydrogen) atoms. The number of carbonyl (C=O) groups is 5. The number of nitriles is 2. The highest BCUT2D eigenvalue weighted by atomic mass is 16.5. The van der Waals surface area contributed by atoms with E-state index in [0.29, 0.717) is 57.4 Å². The number of hydrazine groups is 1. The van der Waals surface area contributed by atoms with Crippen molar-refractivity contribution < 1.29 is 43.0 Å². The van der Waals surface area contributed by atoms with Crippen molar-refractivity contribution in [1.29, 1.82) is 15.9 Å². The van der Waals surface area contributed by atoms with Crippen LogP contribution in [0.3, 0.4) is 0 Å². The third-order valence-corrected chi connectivity index (χ3v) is 13.4. The monoisotopic (exact) mass is 1140 g/mol. The van der Waals surface area contributed by atoms with E-state index in [1.165, 1.54) is 65.6 Å². The number of urea groups is 5. The summed E-state index contributed by atoms with van der Waals surface area (Å²) in [6, 6.07) is 57.7. The maximum atomic E-state index is 13.1. The number of hydrogen-bond acceptors (Lipinski definition) is 15. The Morgan fingerprint density at radius 2 is 0.826 bits per heavy atom. The smallest absolute Gasteiger partial charge is 0.360 e. The van der Waals surface area contributed by atoms with Gasteiger partial charge in [0, 0.05) is 13.1 Å². The van der Waals surface area contributed by atoms with Gasteiger partial charge in [0.15, 0.2) is 0 Å². The Kier molecular flexibility index (Phi) is 19.4. The van der Waals surface area contributed by atoms with Crippen molar-refractivity contribution in [2.24, 2.45) is 9.98 Å². The molecule has 0 bridgehead atoms. The average molecular weight is 1150 g/mol. The number of imide groups is 4. The Labute approximate surface area is 494 Å². The van der Waals surface area contributed by atoms with E-state index in [-0.39, 0.29) is 17.7 Å². The fourth-order valence-corrected chi connectivity index (χ4v) is 9.01. The molecule has 3 aliphatic rings. The van der Waals surface area contributed by atoms with Crippen molar-refractivity contribution in [3.63, 3.8) is 0 Å². The van der Waals surface area contributed by atoms with Crippen LogP contribution in [0.4, 0.5) is 63.8 Å². The molecule has 8 aromatic rings. The molecule has 0 aliphatic carbocycles. The van der Waals surface area contributed by atoms with Gasteiger partial charge in [-0.15, -0.1) is 5.26 Å². The lowest BCUT2D eigenvalue weighted by atomic mass is 10.0. The normalized spacial score (nSPS) is 12.8. The van der Waals surface area contributed by atoms with E-state index in [9.17, 15) is 28.8 Å². The highest BCUT2D eigenvalue weighted by Gasteiger charge is 2.47. The fraction of sp³-hybridized carbons (Fsp3) is 0.108. The lowest BCUT2D eigenvalue weighted by molar-refractivity contribution is 0.181. The highest BCUT2D eigenvalue weighted by molar-refractivity contribution is 6.42. The van der Waals surface area contributed by atoms with Gasteiger partial charge in [0.1, 0.15) is 5.75 Å². The van der Waals surface area contributed by atoms with Crippen LogP contribution >= 0.6 is 0 Å². The van der Waals surface area contributed by atoms with Crippen LogP contribution in [-0.2, 0) is 33.6 Å². The third kappa shape index (κ3) is 13.7. The number of hydrogen-bond donors (Lipinski definition) is 2. The summed E-state index contributed by atoms with van der Waals surface area (Å²) >= 11 is 0. The van der Waals surface area contributed by atoms with Gasteiger partial charge < -0.3 is 9.47 Å².